The summed E-state index contributed by atoms with van der Waals surface area (Å²) in [4.78, 5) is 2.98. The van der Waals surface area contributed by atoms with Crippen LogP contribution in [0.3, 0.4) is 0 Å². The molecule has 2 atom stereocenters. The van der Waals surface area contributed by atoms with E-state index < -0.39 is 11.0 Å². The predicted molar refractivity (Wildman–Crippen MR) is 126 cm³/mol. The van der Waals surface area contributed by atoms with Gasteiger partial charge in [-0.15, -0.1) is 0 Å². The average molecular weight is 486 g/mol. The molecule has 0 radical (unpaired) electrons. The van der Waals surface area contributed by atoms with Gasteiger partial charge in [0.15, 0.2) is 0 Å². The van der Waals surface area contributed by atoms with E-state index in [4.69, 9.17) is 38.4 Å². The number of nitrogens with one attached hydrogen (secondary N) is 1. The van der Waals surface area contributed by atoms with E-state index in [-0.39, 0.29) is 5.92 Å². The van der Waals surface area contributed by atoms with Crippen molar-refractivity contribution in [3.8, 4) is 0 Å². The summed E-state index contributed by atoms with van der Waals surface area (Å²) in [7, 11) is 0.787. The lowest BCUT2D eigenvalue weighted by atomic mass is 9.85. The van der Waals surface area contributed by atoms with Gasteiger partial charge in [0.25, 0.3) is 0 Å². The summed E-state index contributed by atoms with van der Waals surface area (Å²) in [6.07, 6.45) is 0. The van der Waals surface area contributed by atoms with Crippen molar-refractivity contribution in [1.29, 1.82) is 0 Å². The zero-order valence-electron chi connectivity index (χ0n) is 17.6. The van der Waals surface area contributed by atoms with Gasteiger partial charge in [-0.05, 0) is 48.0 Å². The number of hydrogen-bond acceptors (Lipinski definition) is 5. The predicted octanol–water partition coefficient (Wildman–Crippen LogP) is 3.17. The minimum absolute atomic E-state index is 0.162. The summed E-state index contributed by atoms with van der Waals surface area (Å²) in [5.74, 6) is 0.162. The first-order valence-corrected chi connectivity index (χ1v) is 12.2. The first-order valence-electron chi connectivity index (χ1n) is 10.3. The van der Waals surface area contributed by atoms with Crippen molar-refractivity contribution in [2.75, 3.05) is 53.1 Å². The van der Waals surface area contributed by atoms with Crippen LogP contribution in [0.25, 0.3) is 0 Å². The highest BCUT2D eigenvalue weighted by atomic mass is 35.5. The Balaban J connectivity index is 1.56. The highest BCUT2D eigenvalue weighted by Crippen LogP contribution is 2.38. The summed E-state index contributed by atoms with van der Waals surface area (Å²) in [5.41, 5.74) is 8.77. The van der Waals surface area contributed by atoms with Crippen molar-refractivity contribution >= 4 is 34.2 Å². The van der Waals surface area contributed by atoms with Crippen molar-refractivity contribution in [2.45, 2.75) is 17.4 Å². The fourth-order valence-electron chi connectivity index (χ4n) is 3.65. The fraction of sp³-hybridized carbons (Fsp3) is 0.455. The molecule has 1 heterocycles. The number of rotatable bonds is 11. The molecule has 170 valence electrons. The lowest BCUT2D eigenvalue weighted by molar-refractivity contribution is 0.0531. The van der Waals surface area contributed by atoms with Crippen molar-refractivity contribution in [3.63, 3.8) is 0 Å². The molecule has 9 heteroatoms. The molecule has 0 bridgehead atoms. The molecule has 0 amide bonds. The average Bonchev–Trinajstić information content (AvgIpc) is 2.75. The summed E-state index contributed by atoms with van der Waals surface area (Å²) in [5, 5.41) is 1.35. The van der Waals surface area contributed by atoms with Crippen LogP contribution in [0.4, 0.5) is 0 Å². The maximum Gasteiger partial charge on any atom is 0.124 e. The summed E-state index contributed by atoms with van der Waals surface area (Å²) in [6, 6.07) is 11.7. The van der Waals surface area contributed by atoms with Gasteiger partial charge in [0.05, 0.1) is 31.3 Å². The van der Waals surface area contributed by atoms with E-state index in [1.807, 2.05) is 30.3 Å². The third-order valence-electron chi connectivity index (χ3n) is 5.10. The van der Waals surface area contributed by atoms with Crippen LogP contribution in [0.15, 0.2) is 41.3 Å². The first-order chi connectivity index (χ1) is 15.0. The number of likely N-dealkylation sites (N-methyl/N-ethyl adjacent to an activating group) is 1. The topological polar surface area (TPSA) is 76.8 Å². The van der Waals surface area contributed by atoms with Crippen LogP contribution in [-0.4, -0.2) is 62.2 Å². The molecule has 0 saturated heterocycles. The highest BCUT2D eigenvalue weighted by molar-refractivity contribution is 7.83. The van der Waals surface area contributed by atoms with Crippen molar-refractivity contribution in [1.82, 2.24) is 9.62 Å². The van der Waals surface area contributed by atoms with Gasteiger partial charge in [-0.1, -0.05) is 35.3 Å². The Morgan fingerprint density at radius 3 is 2.55 bits per heavy atom. The maximum atomic E-state index is 12.5. The standard InChI is InChI=1S/C22H29Cl2N3O3S/c1-27-14-20(19-12-17(23)13-22(24)21(19)15-27)16-2-4-18(5-3-16)31(28)26-7-9-30-11-10-29-8-6-25/h2-5,12-13,20,26H,6-11,14-15,25H2,1H3. The highest BCUT2D eigenvalue weighted by Gasteiger charge is 2.27. The van der Waals surface area contributed by atoms with Crippen molar-refractivity contribution in [2.24, 2.45) is 5.73 Å². The van der Waals surface area contributed by atoms with Gasteiger partial charge in [0, 0.05) is 42.1 Å². The Morgan fingerprint density at radius 1 is 1.13 bits per heavy atom. The van der Waals surface area contributed by atoms with Gasteiger partial charge in [0.2, 0.25) is 0 Å². The molecule has 0 fully saturated rings. The summed E-state index contributed by atoms with van der Waals surface area (Å²) >= 11 is 12.7. The number of ether oxygens (including phenoxy) is 2. The van der Waals surface area contributed by atoms with Crippen LogP contribution < -0.4 is 10.5 Å². The van der Waals surface area contributed by atoms with Gasteiger partial charge in [0.1, 0.15) is 11.0 Å². The zero-order valence-corrected chi connectivity index (χ0v) is 19.9. The first kappa shape index (κ1) is 24.6. The van der Waals surface area contributed by atoms with Crippen LogP contribution in [0.1, 0.15) is 22.6 Å². The Kier molecular flexibility index (Phi) is 9.74. The molecule has 0 aromatic heterocycles. The lowest BCUT2D eigenvalue weighted by Crippen LogP contribution is -2.31. The number of benzene rings is 2. The summed E-state index contributed by atoms with van der Waals surface area (Å²) < 4.78 is 26.2. The molecule has 3 N–H and O–H groups in total. The van der Waals surface area contributed by atoms with E-state index in [0.717, 1.165) is 34.7 Å². The molecular weight excluding hydrogens is 457 g/mol. The van der Waals surface area contributed by atoms with Gasteiger partial charge < -0.3 is 20.1 Å². The second kappa shape index (κ2) is 12.3. The normalized spacial score (nSPS) is 17.5. The Morgan fingerprint density at radius 2 is 1.84 bits per heavy atom. The third kappa shape index (κ3) is 6.97. The molecule has 0 spiro atoms. The van der Waals surface area contributed by atoms with E-state index >= 15 is 0 Å². The molecule has 6 nitrogen and oxygen atoms in total. The maximum absolute atomic E-state index is 12.5. The minimum Gasteiger partial charge on any atom is -0.378 e. The zero-order chi connectivity index (χ0) is 22.2. The quantitative estimate of drug-likeness (QED) is 0.478. The summed E-state index contributed by atoms with van der Waals surface area (Å²) in [6.45, 7) is 4.67. The van der Waals surface area contributed by atoms with Gasteiger partial charge >= 0.3 is 0 Å². The Hall–Kier alpha value is -1.03. The molecule has 1 aliphatic rings. The van der Waals surface area contributed by atoms with Crippen LogP contribution >= 0.6 is 23.2 Å². The number of hydrogen-bond donors (Lipinski definition) is 2. The molecule has 31 heavy (non-hydrogen) atoms. The molecular formula is C22H29Cl2N3O3S. The van der Waals surface area contributed by atoms with Gasteiger partial charge in [-0.3, -0.25) is 0 Å². The molecule has 2 aromatic carbocycles. The Bertz CT molecular complexity index is 883. The van der Waals surface area contributed by atoms with Gasteiger partial charge in [-0.2, -0.15) is 0 Å². The SMILES string of the molecule is CN1Cc2c(Cl)cc(Cl)cc2C(c2ccc(S(=O)NCCOCCOCCN)cc2)C1. The molecule has 0 saturated carbocycles. The van der Waals surface area contributed by atoms with Crippen LogP contribution in [0.5, 0.6) is 0 Å². The van der Waals surface area contributed by atoms with Gasteiger partial charge in [-0.25, -0.2) is 8.93 Å². The fourth-order valence-corrected chi connectivity index (χ4v) is 5.04. The van der Waals surface area contributed by atoms with E-state index in [1.165, 1.54) is 0 Å². The Labute approximate surface area is 196 Å². The molecule has 2 aromatic rings. The molecule has 0 aliphatic carbocycles. The second-order valence-electron chi connectivity index (χ2n) is 7.45. The molecule has 1 aliphatic heterocycles. The smallest absolute Gasteiger partial charge is 0.124 e. The third-order valence-corrected chi connectivity index (χ3v) is 6.82. The number of fused-ring (bicyclic) bond motifs is 1. The molecule has 2 unspecified atom stereocenters. The number of nitrogens with two attached hydrogens (primary N) is 1. The van der Waals surface area contributed by atoms with Crippen molar-refractivity contribution in [3.05, 3.63) is 63.1 Å². The minimum atomic E-state index is -1.30. The van der Waals surface area contributed by atoms with Crippen molar-refractivity contribution < 1.29 is 13.7 Å². The van der Waals surface area contributed by atoms with Crippen LogP contribution in [0, 0.1) is 0 Å². The van der Waals surface area contributed by atoms with Crippen LogP contribution in [0.2, 0.25) is 10.0 Å². The van der Waals surface area contributed by atoms with E-state index in [1.54, 1.807) is 6.07 Å². The van der Waals surface area contributed by atoms with E-state index in [9.17, 15) is 4.21 Å². The van der Waals surface area contributed by atoms with E-state index in [2.05, 4.69) is 16.7 Å². The number of nitrogens with zero attached hydrogens (tertiary/aromatic N) is 1. The largest absolute Gasteiger partial charge is 0.378 e. The van der Waals surface area contributed by atoms with E-state index in [0.29, 0.717) is 49.6 Å². The molecule has 3 rings (SSSR count). The second-order valence-corrected chi connectivity index (χ2v) is 9.59. The van der Waals surface area contributed by atoms with Crippen LogP contribution in [-0.2, 0) is 27.0 Å². The monoisotopic (exact) mass is 485 g/mol. The lowest BCUT2D eigenvalue weighted by Gasteiger charge is -2.33. The number of halogens is 2.